The highest BCUT2D eigenvalue weighted by Gasteiger charge is 2.31. The lowest BCUT2D eigenvalue weighted by atomic mass is 9.85. The molecule has 1 aliphatic heterocycles. The first kappa shape index (κ1) is 10.9. The van der Waals surface area contributed by atoms with Crippen LogP contribution < -0.4 is 5.32 Å². The van der Waals surface area contributed by atoms with E-state index in [1.54, 1.807) is 0 Å². The molecule has 84 valence electrons. The minimum absolute atomic E-state index is 0.0299. The summed E-state index contributed by atoms with van der Waals surface area (Å²) in [6.07, 6.45) is 1.97. The first-order valence-corrected chi connectivity index (χ1v) is 5.42. The fourth-order valence-electron chi connectivity index (χ4n) is 2.14. The minimum atomic E-state index is -0.769. The van der Waals surface area contributed by atoms with Crippen molar-refractivity contribution in [1.82, 2.24) is 5.32 Å². The highest BCUT2D eigenvalue weighted by atomic mass is 16.4. The van der Waals surface area contributed by atoms with E-state index in [-0.39, 0.29) is 6.04 Å². The van der Waals surface area contributed by atoms with Gasteiger partial charge in [0, 0.05) is 12.6 Å². The molecule has 0 amide bonds. The van der Waals surface area contributed by atoms with Crippen molar-refractivity contribution in [1.29, 1.82) is 0 Å². The van der Waals surface area contributed by atoms with Gasteiger partial charge in [-0.2, -0.15) is 0 Å². The second kappa shape index (κ2) is 4.49. The van der Waals surface area contributed by atoms with Crippen molar-refractivity contribution in [3.8, 4) is 0 Å². The molecule has 2 N–H and O–H groups in total. The largest absolute Gasteiger partial charge is 0.481 e. The van der Waals surface area contributed by atoms with Crippen LogP contribution in [0.5, 0.6) is 0 Å². The van der Waals surface area contributed by atoms with Crippen molar-refractivity contribution < 1.29 is 9.90 Å². The maximum absolute atomic E-state index is 11.3. The summed E-state index contributed by atoms with van der Waals surface area (Å²) in [5.74, 6) is -1.23. The van der Waals surface area contributed by atoms with Crippen LogP contribution in [-0.4, -0.2) is 23.7 Å². The standard InChI is InChI=1S/C13H15NO2/c1-9-12(13(15)16)11(7-8-14-9)10-5-3-2-4-6-10/h2-7,9,12,14H,8H2,1H3,(H,15,16). The quantitative estimate of drug-likeness (QED) is 0.793. The Morgan fingerprint density at radius 2 is 2.06 bits per heavy atom. The molecule has 0 aromatic heterocycles. The summed E-state index contributed by atoms with van der Waals surface area (Å²) in [6.45, 7) is 2.64. The van der Waals surface area contributed by atoms with Gasteiger partial charge in [-0.1, -0.05) is 36.4 Å². The number of rotatable bonds is 2. The minimum Gasteiger partial charge on any atom is -0.481 e. The fourth-order valence-corrected chi connectivity index (χ4v) is 2.14. The van der Waals surface area contributed by atoms with E-state index in [4.69, 9.17) is 0 Å². The molecule has 2 unspecified atom stereocenters. The van der Waals surface area contributed by atoms with Crippen molar-refractivity contribution in [2.45, 2.75) is 13.0 Å². The van der Waals surface area contributed by atoms with E-state index in [9.17, 15) is 9.90 Å². The molecule has 3 heteroatoms. The molecule has 1 heterocycles. The Morgan fingerprint density at radius 3 is 2.69 bits per heavy atom. The molecular weight excluding hydrogens is 202 g/mol. The SMILES string of the molecule is CC1NCC=C(c2ccccc2)C1C(=O)O. The topological polar surface area (TPSA) is 49.3 Å². The molecule has 0 aliphatic carbocycles. The van der Waals surface area contributed by atoms with Gasteiger partial charge in [-0.25, -0.2) is 0 Å². The van der Waals surface area contributed by atoms with E-state index in [0.29, 0.717) is 0 Å². The number of benzene rings is 1. The third-order valence-corrected chi connectivity index (χ3v) is 2.97. The average molecular weight is 217 g/mol. The van der Waals surface area contributed by atoms with E-state index >= 15 is 0 Å². The van der Waals surface area contributed by atoms with Crippen LogP contribution in [0.2, 0.25) is 0 Å². The summed E-state index contributed by atoms with van der Waals surface area (Å²) in [5, 5.41) is 12.4. The second-order valence-electron chi connectivity index (χ2n) is 4.04. The van der Waals surface area contributed by atoms with Crippen LogP contribution in [0.15, 0.2) is 36.4 Å². The Kier molecular flexibility index (Phi) is 3.06. The highest BCUT2D eigenvalue weighted by molar-refractivity contribution is 5.88. The molecule has 0 spiro atoms. The number of aliphatic carboxylic acids is 1. The molecule has 0 fully saturated rings. The zero-order valence-corrected chi connectivity index (χ0v) is 9.18. The zero-order valence-electron chi connectivity index (χ0n) is 9.18. The van der Waals surface area contributed by atoms with Gasteiger partial charge in [0.25, 0.3) is 0 Å². The number of hydrogen-bond acceptors (Lipinski definition) is 2. The molecule has 3 nitrogen and oxygen atoms in total. The lowest BCUT2D eigenvalue weighted by Gasteiger charge is -2.28. The Balaban J connectivity index is 2.38. The third-order valence-electron chi connectivity index (χ3n) is 2.97. The van der Waals surface area contributed by atoms with Gasteiger partial charge in [-0.3, -0.25) is 4.79 Å². The number of nitrogens with one attached hydrogen (secondary N) is 1. The summed E-state index contributed by atoms with van der Waals surface area (Å²) in [6, 6.07) is 9.69. The molecule has 1 aromatic rings. The summed E-state index contributed by atoms with van der Waals surface area (Å²) < 4.78 is 0. The normalized spacial score (nSPS) is 24.9. The molecule has 0 bridgehead atoms. The predicted octanol–water partition coefficient (Wildman–Crippen LogP) is 1.76. The van der Waals surface area contributed by atoms with E-state index in [1.807, 2.05) is 43.3 Å². The first-order valence-electron chi connectivity index (χ1n) is 5.42. The van der Waals surface area contributed by atoms with Crippen molar-refractivity contribution in [2.75, 3.05) is 6.54 Å². The van der Waals surface area contributed by atoms with Gasteiger partial charge in [0.15, 0.2) is 0 Å². The van der Waals surface area contributed by atoms with Crippen LogP contribution in [0.25, 0.3) is 5.57 Å². The van der Waals surface area contributed by atoms with E-state index in [0.717, 1.165) is 17.7 Å². The molecule has 0 radical (unpaired) electrons. The molecule has 2 rings (SSSR count). The number of hydrogen-bond donors (Lipinski definition) is 2. The van der Waals surface area contributed by atoms with Crippen LogP contribution in [-0.2, 0) is 4.79 Å². The lowest BCUT2D eigenvalue weighted by Crippen LogP contribution is -2.41. The van der Waals surface area contributed by atoms with Crippen LogP contribution in [0.1, 0.15) is 12.5 Å². The maximum Gasteiger partial charge on any atom is 0.312 e. The number of carboxylic acid groups (broad SMARTS) is 1. The Morgan fingerprint density at radius 1 is 1.38 bits per heavy atom. The fraction of sp³-hybridized carbons (Fsp3) is 0.308. The van der Waals surface area contributed by atoms with Gasteiger partial charge < -0.3 is 10.4 Å². The van der Waals surface area contributed by atoms with E-state index < -0.39 is 11.9 Å². The van der Waals surface area contributed by atoms with Gasteiger partial charge in [0.1, 0.15) is 0 Å². The molecular formula is C13H15NO2. The lowest BCUT2D eigenvalue weighted by molar-refractivity contribution is -0.140. The zero-order chi connectivity index (χ0) is 11.5. The van der Waals surface area contributed by atoms with E-state index in [2.05, 4.69) is 5.32 Å². The van der Waals surface area contributed by atoms with Gasteiger partial charge >= 0.3 is 5.97 Å². The molecule has 1 aromatic carbocycles. The van der Waals surface area contributed by atoms with Crippen molar-refractivity contribution >= 4 is 11.5 Å². The molecule has 2 atom stereocenters. The summed E-state index contributed by atoms with van der Waals surface area (Å²) in [7, 11) is 0. The summed E-state index contributed by atoms with van der Waals surface area (Å²) in [5.41, 5.74) is 1.92. The molecule has 0 saturated heterocycles. The van der Waals surface area contributed by atoms with Gasteiger partial charge in [-0.15, -0.1) is 0 Å². The van der Waals surface area contributed by atoms with Crippen LogP contribution >= 0.6 is 0 Å². The highest BCUT2D eigenvalue weighted by Crippen LogP contribution is 2.28. The number of carbonyl (C=O) groups is 1. The van der Waals surface area contributed by atoms with Crippen LogP contribution in [0.4, 0.5) is 0 Å². The smallest absolute Gasteiger partial charge is 0.312 e. The number of carboxylic acids is 1. The Bertz CT molecular complexity index is 411. The van der Waals surface area contributed by atoms with Crippen molar-refractivity contribution in [3.05, 3.63) is 42.0 Å². The molecule has 0 saturated carbocycles. The van der Waals surface area contributed by atoms with Gasteiger partial charge in [-0.05, 0) is 18.1 Å². The van der Waals surface area contributed by atoms with Crippen LogP contribution in [0, 0.1) is 5.92 Å². The molecule has 16 heavy (non-hydrogen) atoms. The summed E-state index contributed by atoms with van der Waals surface area (Å²) in [4.78, 5) is 11.3. The monoisotopic (exact) mass is 217 g/mol. The predicted molar refractivity (Wildman–Crippen MR) is 63.0 cm³/mol. The Labute approximate surface area is 94.8 Å². The summed E-state index contributed by atoms with van der Waals surface area (Å²) >= 11 is 0. The Hall–Kier alpha value is -1.61. The van der Waals surface area contributed by atoms with Crippen molar-refractivity contribution in [2.24, 2.45) is 5.92 Å². The third kappa shape index (κ3) is 1.99. The maximum atomic E-state index is 11.3. The first-order chi connectivity index (χ1) is 7.70. The average Bonchev–Trinajstić information content (AvgIpc) is 2.29. The van der Waals surface area contributed by atoms with Gasteiger partial charge in [0.05, 0.1) is 5.92 Å². The van der Waals surface area contributed by atoms with Gasteiger partial charge in [0.2, 0.25) is 0 Å². The van der Waals surface area contributed by atoms with Crippen LogP contribution in [0.3, 0.4) is 0 Å². The van der Waals surface area contributed by atoms with Crippen molar-refractivity contribution in [3.63, 3.8) is 0 Å². The molecule has 1 aliphatic rings. The van der Waals surface area contributed by atoms with E-state index in [1.165, 1.54) is 0 Å². The second-order valence-corrected chi connectivity index (χ2v) is 4.04.